The molecule has 0 aromatic carbocycles. The summed E-state index contributed by atoms with van der Waals surface area (Å²) >= 11 is 6.49. The lowest BCUT2D eigenvalue weighted by Crippen LogP contribution is -2.37. The van der Waals surface area contributed by atoms with Crippen molar-refractivity contribution in [2.45, 2.75) is 25.9 Å². The number of thiazole rings is 1. The fraction of sp³-hybridized carbons (Fsp3) is 0.636. The maximum absolute atomic E-state index is 11.8. The van der Waals surface area contributed by atoms with E-state index in [1.807, 2.05) is 6.92 Å². The predicted octanol–water partition coefficient (Wildman–Crippen LogP) is 1.54. The van der Waals surface area contributed by atoms with Gasteiger partial charge in [-0.15, -0.1) is 11.3 Å². The molecule has 7 heteroatoms. The van der Waals surface area contributed by atoms with Crippen molar-refractivity contribution in [3.63, 3.8) is 0 Å². The first-order chi connectivity index (χ1) is 8.65. The Kier molecular flexibility index (Phi) is 4.87. The third kappa shape index (κ3) is 3.88. The number of amides is 1. The van der Waals surface area contributed by atoms with E-state index in [1.165, 1.54) is 11.3 Å². The maximum Gasteiger partial charge on any atom is 0.225 e. The van der Waals surface area contributed by atoms with Gasteiger partial charge < -0.3 is 19.8 Å². The Morgan fingerprint density at radius 2 is 2.50 bits per heavy atom. The molecular weight excluding hydrogens is 272 g/mol. The van der Waals surface area contributed by atoms with Gasteiger partial charge in [0.1, 0.15) is 6.79 Å². The van der Waals surface area contributed by atoms with Gasteiger partial charge in [0.15, 0.2) is 3.95 Å². The third-order valence-electron chi connectivity index (χ3n) is 2.74. The van der Waals surface area contributed by atoms with Gasteiger partial charge in [0.05, 0.1) is 19.1 Å². The monoisotopic (exact) mass is 288 g/mol. The summed E-state index contributed by atoms with van der Waals surface area (Å²) in [6, 6.07) is 0. The van der Waals surface area contributed by atoms with E-state index in [2.05, 4.69) is 10.3 Å². The van der Waals surface area contributed by atoms with Gasteiger partial charge in [0.25, 0.3) is 0 Å². The summed E-state index contributed by atoms with van der Waals surface area (Å²) in [6.07, 6.45) is 1.25. The second-order valence-electron chi connectivity index (χ2n) is 4.15. The van der Waals surface area contributed by atoms with Crippen LogP contribution in [0.15, 0.2) is 0 Å². The van der Waals surface area contributed by atoms with Gasteiger partial charge in [-0.05, 0) is 25.6 Å². The quantitative estimate of drug-likeness (QED) is 0.825. The molecule has 0 bridgehead atoms. The molecule has 1 aromatic heterocycles. The number of carbonyl (C=O) groups excluding carboxylic acids is 1. The number of aromatic nitrogens is 1. The fourth-order valence-electron chi connectivity index (χ4n) is 1.70. The van der Waals surface area contributed by atoms with Crippen LogP contribution in [0.3, 0.4) is 0 Å². The van der Waals surface area contributed by atoms with Gasteiger partial charge in [-0.3, -0.25) is 4.79 Å². The number of aryl methyl sites for hydroxylation is 1. The SMILES string of the molecule is Cc1[nH]c(=S)sc1CC(=O)NCC1CCOCO1. The van der Waals surface area contributed by atoms with Gasteiger partial charge in [-0.2, -0.15) is 0 Å². The van der Waals surface area contributed by atoms with E-state index < -0.39 is 0 Å². The molecule has 2 heterocycles. The van der Waals surface area contributed by atoms with Gasteiger partial charge in [0.2, 0.25) is 5.91 Å². The van der Waals surface area contributed by atoms with E-state index in [-0.39, 0.29) is 12.0 Å². The molecule has 0 saturated carbocycles. The summed E-state index contributed by atoms with van der Waals surface area (Å²) in [7, 11) is 0. The fourth-order valence-corrected chi connectivity index (χ4v) is 2.99. The largest absolute Gasteiger partial charge is 0.355 e. The molecule has 1 aromatic rings. The van der Waals surface area contributed by atoms with Crippen LogP contribution < -0.4 is 5.32 Å². The lowest BCUT2D eigenvalue weighted by Gasteiger charge is -2.22. The Hall–Kier alpha value is -0.760. The Labute approximate surface area is 115 Å². The Bertz CT molecular complexity index is 463. The van der Waals surface area contributed by atoms with Crippen molar-refractivity contribution in [1.82, 2.24) is 10.3 Å². The summed E-state index contributed by atoms with van der Waals surface area (Å²) < 4.78 is 11.1. The average molecular weight is 288 g/mol. The van der Waals surface area contributed by atoms with Gasteiger partial charge in [0, 0.05) is 17.1 Å². The Morgan fingerprint density at radius 1 is 1.67 bits per heavy atom. The van der Waals surface area contributed by atoms with E-state index in [1.54, 1.807) is 0 Å². The highest BCUT2D eigenvalue weighted by molar-refractivity contribution is 7.73. The number of aromatic amines is 1. The normalized spacial score (nSPS) is 19.7. The van der Waals surface area contributed by atoms with Crippen LogP contribution >= 0.6 is 23.6 Å². The molecule has 1 amide bonds. The molecule has 1 saturated heterocycles. The number of nitrogens with one attached hydrogen (secondary N) is 2. The highest BCUT2D eigenvalue weighted by Gasteiger charge is 2.15. The molecule has 18 heavy (non-hydrogen) atoms. The van der Waals surface area contributed by atoms with Crippen molar-refractivity contribution in [2.75, 3.05) is 19.9 Å². The van der Waals surface area contributed by atoms with Gasteiger partial charge in [-0.25, -0.2) is 0 Å². The number of hydrogen-bond donors (Lipinski definition) is 2. The van der Waals surface area contributed by atoms with E-state index in [9.17, 15) is 4.79 Å². The summed E-state index contributed by atoms with van der Waals surface area (Å²) in [5.41, 5.74) is 0.975. The lowest BCUT2D eigenvalue weighted by molar-refractivity contribution is -0.140. The highest BCUT2D eigenvalue weighted by Crippen LogP contribution is 2.15. The molecule has 0 radical (unpaired) electrons. The number of carbonyl (C=O) groups is 1. The van der Waals surface area contributed by atoms with Gasteiger partial charge in [-0.1, -0.05) is 0 Å². The first-order valence-corrected chi connectivity index (χ1v) is 7.02. The zero-order chi connectivity index (χ0) is 13.0. The summed E-state index contributed by atoms with van der Waals surface area (Å²) in [5.74, 6) is -0.00144. The van der Waals surface area contributed by atoms with E-state index in [0.717, 1.165) is 17.0 Å². The third-order valence-corrected chi connectivity index (χ3v) is 4.08. The van der Waals surface area contributed by atoms with Crippen LogP contribution in [-0.2, 0) is 20.7 Å². The lowest BCUT2D eigenvalue weighted by atomic mass is 10.2. The molecule has 0 spiro atoms. The predicted molar refractivity (Wildman–Crippen MR) is 71.3 cm³/mol. The smallest absolute Gasteiger partial charge is 0.225 e. The molecule has 1 fully saturated rings. The van der Waals surface area contributed by atoms with Crippen molar-refractivity contribution in [3.05, 3.63) is 14.5 Å². The molecule has 1 atom stereocenters. The number of ether oxygens (including phenoxy) is 2. The molecule has 1 aliphatic rings. The number of rotatable bonds is 4. The summed E-state index contributed by atoms with van der Waals surface area (Å²) in [4.78, 5) is 15.8. The summed E-state index contributed by atoms with van der Waals surface area (Å²) in [5, 5.41) is 2.88. The van der Waals surface area contributed by atoms with Crippen molar-refractivity contribution >= 4 is 29.5 Å². The first kappa shape index (κ1) is 13.7. The molecule has 1 unspecified atom stereocenters. The minimum Gasteiger partial charge on any atom is -0.355 e. The van der Waals surface area contributed by atoms with Crippen LogP contribution in [0.4, 0.5) is 0 Å². The van der Waals surface area contributed by atoms with Crippen LogP contribution in [0, 0.1) is 10.9 Å². The van der Waals surface area contributed by atoms with Crippen LogP contribution in [0.5, 0.6) is 0 Å². The molecule has 5 nitrogen and oxygen atoms in total. The molecule has 1 aliphatic heterocycles. The van der Waals surface area contributed by atoms with Crippen LogP contribution in [0.25, 0.3) is 0 Å². The van der Waals surface area contributed by atoms with E-state index in [0.29, 0.717) is 30.3 Å². The average Bonchev–Trinajstić information content (AvgIpc) is 2.67. The Morgan fingerprint density at radius 3 is 3.11 bits per heavy atom. The molecule has 0 aliphatic carbocycles. The topological polar surface area (TPSA) is 63.4 Å². The van der Waals surface area contributed by atoms with Gasteiger partial charge >= 0.3 is 0 Å². The number of H-pyrrole nitrogens is 1. The molecule has 2 N–H and O–H groups in total. The van der Waals surface area contributed by atoms with Crippen LogP contribution in [0.1, 0.15) is 17.0 Å². The van der Waals surface area contributed by atoms with Crippen molar-refractivity contribution < 1.29 is 14.3 Å². The maximum atomic E-state index is 11.8. The van der Waals surface area contributed by atoms with E-state index in [4.69, 9.17) is 21.7 Å². The molecule has 100 valence electrons. The van der Waals surface area contributed by atoms with Crippen LogP contribution in [-0.4, -0.2) is 36.9 Å². The molecule has 2 rings (SSSR count). The minimum atomic E-state index is -0.00144. The zero-order valence-corrected chi connectivity index (χ0v) is 11.8. The second-order valence-corrected chi connectivity index (χ2v) is 5.92. The van der Waals surface area contributed by atoms with Crippen LogP contribution in [0.2, 0.25) is 0 Å². The first-order valence-electron chi connectivity index (χ1n) is 5.80. The summed E-state index contributed by atoms with van der Waals surface area (Å²) in [6.45, 7) is 3.48. The van der Waals surface area contributed by atoms with E-state index >= 15 is 0 Å². The Balaban J connectivity index is 1.78. The van der Waals surface area contributed by atoms with Crippen molar-refractivity contribution in [1.29, 1.82) is 0 Å². The van der Waals surface area contributed by atoms with Crippen molar-refractivity contribution in [3.8, 4) is 0 Å². The van der Waals surface area contributed by atoms with Crippen molar-refractivity contribution in [2.24, 2.45) is 0 Å². The molecular formula is C11H16N2O3S2. The second kappa shape index (κ2) is 6.42. The standard InChI is InChI=1S/C11H16N2O3S2/c1-7-9(18-11(17)13-7)4-10(14)12-5-8-2-3-15-6-16-8/h8H,2-6H2,1H3,(H,12,14)(H,13,17). The minimum absolute atomic E-state index is 0.00144. The highest BCUT2D eigenvalue weighted by atomic mass is 32.1. The number of hydrogen-bond acceptors (Lipinski definition) is 5. The zero-order valence-electron chi connectivity index (χ0n) is 10.2.